The van der Waals surface area contributed by atoms with Gasteiger partial charge in [0, 0.05) is 24.6 Å². The highest BCUT2D eigenvalue weighted by Gasteiger charge is 2.18. The molecule has 0 aliphatic rings. The van der Waals surface area contributed by atoms with E-state index in [1.165, 1.54) is 0 Å². The quantitative estimate of drug-likeness (QED) is 0.727. The van der Waals surface area contributed by atoms with Gasteiger partial charge in [-0.1, -0.05) is 13.8 Å². The molecule has 0 aliphatic heterocycles. The maximum atomic E-state index is 5.67. The minimum atomic E-state index is -0.0284. The Balaban J connectivity index is 2.81. The molecule has 0 amide bonds. The topological polar surface area (TPSA) is 35.0 Å². The average molecular weight is 229 g/mol. The first-order chi connectivity index (χ1) is 7.19. The van der Waals surface area contributed by atoms with Crippen molar-refractivity contribution in [3.8, 4) is 0 Å². The molecule has 1 aromatic heterocycles. The maximum absolute atomic E-state index is 5.67. The zero-order valence-corrected chi connectivity index (χ0v) is 10.2. The molecule has 0 fully saturated rings. The van der Waals surface area contributed by atoms with Crippen LogP contribution in [0.1, 0.15) is 38.3 Å². The van der Waals surface area contributed by atoms with Crippen molar-refractivity contribution in [2.75, 3.05) is 6.61 Å². The number of alkyl halides is 1. The van der Waals surface area contributed by atoms with Crippen molar-refractivity contribution in [2.45, 2.75) is 32.8 Å². The Morgan fingerprint density at radius 3 is 2.33 bits per heavy atom. The summed E-state index contributed by atoms with van der Waals surface area (Å²) in [5.74, 6) is 1.55. The fraction of sp³-hybridized carbons (Fsp3) is 0.636. The van der Waals surface area contributed by atoms with Gasteiger partial charge in [0.05, 0.1) is 5.88 Å². The van der Waals surface area contributed by atoms with Crippen LogP contribution in [0.3, 0.4) is 0 Å². The molecule has 4 heteroatoms. The van der Waals surface area contributed by atoms with E-state index in [0.717, 1.165) is 11.4 Å². The molecule has 3 nitrogen and oxygen atoms in total. The molecule has 0 N–H and O–H groups in total. The van der Waals surface area contributed by atoms with Crippen molar-refractivity contribution in [3.63, 3.8) is 0 Å². The Morgan fingerprint density at radius 1 is 1.33 bits per heavy atom. The summed E-state index contributed by atoms with van der Waals surface area (Å²) >= 11 is 5.67. The van der Waals surface area contributed by atoms with E-state index in [1.54, 1.807) is 12.4 Å². The molecule has 1 rings (SSSR count). The number of halogens is 1. The minimum Gasteiger partial charge on any atom is -0.370 e. The summed E-state index contributed by atoms with van der Waals surface area (Å²) in [5, 5.41) is 0. The Bertz CT molecular complexity index is 287. The fourth-order valence-electron chi connectivity index (χ4n) is 1.33. The fourth-order valence-corrected chi connectivity index (χ4v) is 1.46. The van der Waals surface area contributed by atoms with Gasteiger partial charge < -0.3 is 4.74 Å². The highest BCUT2D eigenvalue weighted by molar-refractivity contribution is 6.17. The Labute approximate surface area is 95.8 Å². The highest BCUT2D eigenvalue weighted by Crippen LogP contribution is 2.22. The van der Waals surface area contributed by atoms with Crippen LogP contribution in [0, 0.1) is 5.92 Å². The van der Waals surface area contributed by atoms with E-state index in [-0.39, 0.29) is 6.10 Å². The van der Waals surface area contributed by atoms with Crippen LogP contribution in [-0.4, -0.2) is 16.6 Å². The van der Waals surface area contributed by atoms with Crippen LogP contribution >= 0.6 is 11.6 Å². The van der Waals surface area contributed by atoms with Crippen molar-refractivity contribution in [3.05, 3.63) is 23.8 Å². The van der Waals surface area contributed by atoms with Crippen molar-refractivity contribution >= 4 is 11.6 Å². The zero-order chi connectivity index (χ0) is 11.3. The largest absolute Gasteiger partial charge is 0.370 e. The lowest BCUT2D eigenvalue weighted by Gasteiger charge is -2.19. The van der Waals surface area contributed by atoms with E-state index in [4.69, 9.17) is 16.3 Å². The highest BCUT2D eigenvalue weighted by atomic mass is 35.5. The van der Waals surface area contributed by atoms with Crippen LogP contribution in [0.4, 0.5) is 0 Å². The van der Waals surface area contributed by atoms with Gasteiger partial charge in [-0.15, -0.1) is 11.6 Å². The van der Waals surface area contributed by atoms with Crippen LogP contribution in [-0.2, 0) is 10.6 Å². The Hall–Kier alpha value is -0.670. The normalized spacial score (nSPS) is 13.1. The molecule has 0 bridgehead atoms. The number of nitrogens with zero attached hydrogens (tertiary/aromatic N) is 2. The second-order valence-corrected chi connectivity index (χ2v) is 3.97. The van der Waals surface area contributed by atoms with Crippen LogP contribution in [0.15, 0.2) is 12.4 Å². The van der Waals surface area contributed by atoms with Crippen molar-refractivity contribution in [1.82, 2.24) is 9.97 Å². The van der Waals surface area contributed by atoms with Crippen LogP contribution < -0.4 is 0 Å². The van der Waals surface area contributed by atoms with Crippen molar-refractivity contribution < 1.29 is 4.74 Å². The van der Waals surface area contributed by atoms with Gasteiger partial charge in [0.2, 0.25) is 0 Å². The van der Waals surface area contributed by atoms with Gasteiger partial charge in [-0.05, 0) is 12.8 Å². The summed E-state index contributed by atoms with van der Waals surface area (Å²) in [6.07, 6.45) is 3.48. The van der Waals surface area contributed by atoms with E-state index in [1.807, 2.05) is 6.92 Å². The van der Waals surface area contributed by atoms with E-state index >= 15 is 0 Å². The molecule has 1 atom stereocenters. The second-order valence-electron chi connectivity index (χ2n) is 3.70. The molecule has 0 saturated heterocycles. The predicted octanol–water partition coefficient (Wildman–Crippen LogP) is 2.95. The van der Waals surface area contributed by atoms with Gasteiger partial charge in [0.1, 0.15) is 6.10 Å². The summed E-state index contributed by atoms with van der Waals surface area (Å²) in [7, 11) is 0. The molecule has 0 saturated carbocycles. The lowest BCUT2D eigenvalue weighted by molar-refractivity contribution is 0.0231. The molecule has 0 aromatic carbocycles. The number of aromatic nitrogens is 2. The second kappa shape index (κ2) is 6.03. The van der Waals surface area contributed by atoms with Gasteiger partial charge in [-0.25, -0.2) is 9.97 Å². The number of hydrogen-bond donors (Lipinski definition) is 0. The third-order valence-electron chi connectivity index (χ3n) is 2.09. The van der Waals surface area contributed by atoms with Crippen LogP contribution in [0.25, 0.3) is 0 Å². The molecule has 1 heterocycles. The third kappa shape index (κ3) is 3.43. The maximum Gasteiger partial charge on any atom is 0.157 e. The smallest absolute Gasteiger partial charge is 0.157 e. The molecular formula is C11H17ClN2O. The summed E-state index contributed by atoms with van der Waals surface area (Å²) in [6, 6.07) is 0. The van der Waals surface area contributed by atoms with Gasteiger partial charge in [-0.3, -0.25) is 0 Å². The van der Waals surface area contributed by atoms with E-state index in [9.17, 15) is 0 Å². The molecule has 1 unspecified atom stereocenters. The van der Waals surface area contributed by atoms with E-state index in [0.29, 0.717) is 18.4 Å². The van der Waals surface area contributed by atoms with Crippen molar-refractivity contribution in [1.29, 1.82) is 0 Å². The van der Waals surface area contributed by atoms with Crippen molar-refractivity contribution in [2.24, 2.45) is 5.92 Å². The first-order valence-corrected chi connectivity index (χ1v) is 5.70. The first-order valence-electron chi connectivity index (χ1n) is 5.17. The van der Waals surface area contributed by atoms with Crippen LogP contribution in [0.5, 0.6) is 0 Å². The summed E-state index contributed by atoms with van der Waals surface area (Å²) in [5.41, 5.74) is 0.930. The van der Waals surface area contributed by atoms with Crippen LogP contribution in [0.2, 0.25) is 0 Å². The molecule has 1 aromatic rings. The number of rotatable bonds is 5. The lowest BCUT2D eigenvalue weighted by Crippen LogP contribution is -2.14. The molecule has 84 valence electrons. The zero-order valence-electron chi connectivity index (χ0n) is 9.40. The first kappa shape index (κ1) is 12.4. The third-order valence-corrected chi connectivity index (χ3v) is 2.39. The molecule has 0 spiro atoms. The molecule has 0 aliphatic carbocycles. The van der Waals surface area contributed by atoms with Gasteiger partial charge in [-0.2, -0.15) is 0 Å². The average Bonchev–Trinajstić information content (AvgIpc) is 2.26. The minimum absolute atomic E-state index is 0.0284. The summed E-state index contributed by atoms with van der Waals surface area (Å²) in [4.78, 5) is 8.54. The van der Waals surface area contributed by atoms with E-state index in [2.05, 4.69) is 23.8 Å². The summed E-state index contributed by atoms with van der Waals surface area (Å²) in [6.45, 7) is 6.84. The lowest BCUT2D eigenvalue weighted by atomic mass is 10.1. The Kier molecular flexibility index (Phi) is 4.99. The molecular weight excluding hydrogens is 212 g/mol. The molecule has 0 radical (unpaired) electrons. The Morgan fingerprint density at radius 2 is 1.93 bits per heavy atom. The monoisotopic (exact) mass is 228 g/mol. The SMILES string of the molecule is CCOC(c1ncc(CCl)cn1)C(C)C. The van der Waals surface area contributed by atoms with E-state index < -0.39 is 0 Å². The summed E-state index contributed by atoms with van der Waals surface area (Å²) < 4.78 is 5.60. The van der Waals surface area contributed by atoms with Gasteiger partial charge >= 0.3 is 0 Å². The number of ether oxygens (including phenoxy) is 1. The standard InChI is InChI=1S/C11H17ClN2O/c1-4-15-10(8(2)3)11-13-6-9(5-12)7-14-11/h6-8,10H,4-5H2,1-3H3. The van der Waals surface area contributed by atoms with Gasteiger partial charge in [0.25, 0.3) is 0 Å². The predicted molar refractivity (Wildman–Crippen MR) is 60.8 cm³/mol. The number of hydrogen-bond acceptors (Lipinski definition) is 3. The molecule has 15 heavy (non-hydrogen) atoms. The van der Waals surface area contributed by atoms with Gasteiger partial charge in [0.15, 0.2) is 5.82 Å².